The number of nitrogens with one attached hydrogen (secondary N) is 1. The maximum Gasteiger partial charge on any atom is 0.178 e. The summed E-state index contributed by atoms with van der Waals surface area (Å²) in [5.41, 5.74) is 0.802. The van der Waals surface area contributed by atoms with Gasteiger partial charge in [0, 0.05) is 12.2 Å². The maximum absolute atomic E-state index is 11.5. The third kappa shape index (κ3) is 3.50. The Kier molecular flexibility index (Phi) is 4.32. The van der Waals surface area contributed by atoms with Crippen LogP contribution in [0.5, 0.6) is 0 Å². The van der Waals surface area contributed by atoms with Crippen LogP contribution < -0.4 is 5.32 Å². The van der Waals surface area contributed by atoms with Gasteiger partial charge in [-0.25, -0.2) is 8.42 Å². The zero-order valence-corrected chi connectivity index (χ0v) is 10.3. The van der Waals surface area contributed by atoms with Gasteiger partial charge in [-0.1, -0.05) is 6.92 Å². The van der Waals surface area contributed by atoms with Crippen molar-refractivity contribution >= 4 is 15.5 Å². The van der Waals surface area contributed by atoms with Crippen LogP contribution in [0.4, 0.5) is 5.69 Å². The predicted molar refractivity (Wildman–Crippen MR) is 64.3 cm³/mol. The van der Waals surface area contributed by atoms with Crippen LogP contribution in [-0.4, -0.2) is 31.9 Å². The molecule has 1 unspecified atom stereocenters. The number of rotatable bonds is 5. The highest BCUT2D eigenvalue weighted by molar-refractivity contribution is 7.91. The molecule has 0 saturated heterocycles. The molecule has 0 radical (unpaired) electrons. The van der Waals surface area contributed by atoms with Gasteiger partial charge in [0.2, 0.25) is 0 Å². The Labute approximate surface area is 96.2 Å². The molecular formula is C11H17NO3S. The van der Waals surface area contributed by atoms with Crippen molar-refractivity contribution in [3.05, 3.63) is 24.3 Å². The number of benzene rings is 1. The molecule has 0 aromatic heterocycles. The summed E-state index contributed by atoms with van der Waals surface area (Å²) in [7, 11) is -3.12. The molecule has 0 spiro atoms. The van der Waals surface area contributed by atoms with Crippen molar-refractivity contribution in [2.75, 3.05) is 17.6 Å². The van der Waals surface area contributed by atoms with Gasteiger partial charge in [0.15, 0.2) is 9.84 Å². The monoisotopic (exact) mass is 243 g/mol. The van der Waals surface area contributed by atoms with E-state index in [0.717, 1.165) is 5.69 Å². The fourth-order valence-electron chi connectivity index (χ4n) is 1.21. The molecule has 0 amide bonds. The lowest BCUT2D eigenvalue weighted by Gasteiger charge is -2.09. The topological polar surface area (TPSA) is 66.4 Å². The number of hydrogen-bond donors (Lipinski definition) is 2. The summed E-state index contributed by atoms with van der Waals surface area (Å²) >= 11 is 0. The summed E-state index contributed by atoms with van der Waals surface area (Å²) in [5, 5.41) is 12.1. The number of aliphatic hydroxyl groups is 1. The van der Waals surface area contributed by atoms with E-state index in [4.69, 9.17) is 5.11 Å². The fourth-order valence-corrected chi connectivity index (χ4v) is 2.10. The van der Waals surface area contributed by atoms with E-state index in [1.165, 1.54) is 0 Å². The minimum absolute atomic E-state index is 0.105. The third-order valence-corrected chi connectivity index (χ3v) is 3.95. The Morgan fingerprint density at radius 1 is 1.31 bits per heavy atom. The maximum atomic E-state index is 11.5. The molecule has 0 aliphatic heterocycles. The first-order valence-electron chi connectivity index (χ1n) is 5.20. The molecule has 16 heavy (non-hydrogen) atoms. The van der Waals surface area contributed by atoms with Gasteiger partial charge in [-0.05, 0) is 31.2 Å². The molecule has 1 rings (SSSR count). The van der Waals surface area contributed by atoms with E-state index in [9.17, 15) is 8.42 Å². The van der Waals surface area contributed by atoms with Crippen LogP contribution in [0.1, 0.15) is 13.8 Å². The van der Waals surface area contributed by atoms with Gasteiger partial charge in [-0.15, -0.1) is 0 Å². The molecule has 0 aliphatic carbocycles. The summed E-state index contributed by atoms with van der Waals surface area (Å²) in [6, 6.07) is 6.54. The van der Waals surface area contributed by atoms with Crippen molar-refractivity contribution in [3.8, 4) is 0 Å². The Hall–Kier alpha value is -1.07. The zero-order chi connectivity index (χ0) is 12.2. The normalized spacial score (nSPS) is 13.4. The highest BCUT2D eigenvalue weighted by atomic mass is 32.2. The number of anilines is 1. The van der Waals surface area contributed by atoms with Crippen molar-refractivity contribution in [2.45, 2.75) is 24.8 Å². The lowest BCUT2D eigenvalue weighted by molar-refractivity contribution is 0.208. The van der Waals surface area contributed by atoms with Crippen molar-refractivity contribution in [1.82, 2.24) is 0 Å². The quantitative estimate of drug-likeness (QED) is 0.817. The lowest BCUT2D eigenvalue weighted by atomic mass is 10.3. The first-order valence-corrected chi connectivity index (χ1v) is 6.85. The van der Waals surface area contributed by atoms with Gasteiger partial charge in [-0.3, -0.25) is 0 Å². The fraction of sp³-hybridized carbons (Fsp3) is 0.455. The first-order chi connectivity index (χ1) is 7.45. The zero-order valence-electron chi connectivity index (χ0n) is 9.47. The van der Waals surface area contributed by atoms with Crippen LogP contribution >= 0.6 is 0 Å². The summed E-state index contributed by atoms with van der Waals surface area (Å²) in [6.45, 7) is 3.75. The van der Waals surface area contributed by atoms with E-state index in [-0.39, 0.29) is 5.75 Å². The Bertz CT molecular complexity index is 423. The van der Waals surface area contributed by atoms with Crippen molar-refractivity contribution in [3.63, 3.8) is 0 Å². The number of hydrogen-bond acceptors (Lipinski definition) is 4. The summed E-state index contributed by atoms with van der Waals surface area (Å²) < 4.78 is 23.0. The van der Waals surface area contributed by atoms with Crippen LogP contribution in [-0.2, 0) is 9.84 Å². The van der Waals surface area contributed by atoms with Crippen LogP contribution in [0.2, 0.25) is 0 Å². The molecule has 5 heteroatoms. The lowest BCUT2D eigenvalue weighted by Crippen LogP contribution is -2.15. The minimum atomic E-state index is -3.12. The van der Waals surface area contributed by atoms with Gasteiger partial charge < -0.3 is 10.4 Å². The average molecular weight is 243 g/mol. The van der Waals surface area contributed by atoms with E-state index in [0.29, 0.717) is 11.4 Å². The van der Waals surface area contributed by atoms with Crippen molar-refractivity contribution in [2.24, 2.45) is 0 Å². The van der Waals surface area contributed by atoms with Crippen molar-refractivity contribution < 1.29 is 13.5 Å². The van der Waals surface area contributed by atoms with Gasteiger partial charge in [0.05, 0.1) is 16.8 Å². The second kappa shape index (κ2) is 5.32. The Morgan fingerprint density at radius 2 is 1.88 bits per heavy atom. The Morgan fingerprint density at radius 3 is 2.31 bits per heavy atom. The van der Waals surface area contributed by atoms with Crippen molar-refractivity contribution in [1.29, 1.82) is 0 Å². The second-order valence-corrected chi connectivity index (χ2v) is 5.94. The van der Waals surface area contributed by atoms with Crippen LogP contribution in [0.3, 0.4) is 0 Å². The molecule has 2 N–H and O–H groups in total. The summed E-state index contributed by atoms with van der Waals surface area (Å²) in [4.78, 5) is 0.331. The predicted octanol–water partition coefficient (Wildman–Crippen LogP) is 1.27. The highest BCUT2D eigenvalue weighted by Crippen LogP contribution is 2.15. The minimum Gasteiger partial charge on any atom is -0.392 e. The molecular weight excluding hydrogens is 226 g/mol. The molecule has 0 bridgehead atoms. The van der Waals surface area contributed by atoms with Gasteiger partial charge in [0.1, 0.15) is 0 Å². The number of aliphatic hydroxyl groups excluding tert-OH is 1. The molecule has 4 nitrogen and oxygen atoms in total. The average Bonchev–Trinajstić information content (AvgIpc) is 2.27. The van der Waals surface area contributed by atoms with Gasteiger partial charge in [-0.2, -0.15) is 0 Å². The molecule has 1 aromatic rings. The van der Waals surface area contributed by atoms with Gasteiger partial charge >= 0.3 is 0 Å². The Balaban J connectivity index is 2.76. The molecule has 0 fully saturated rings. The molecule has 1 aromatic carbocycles. The van der Waals surface area contributed by atoms with E-state index >= 15 is 0 Å². The van der Waals surface area contributed by atoms with E-state index in [1.807, 2.05) is 0 Å². The third-order valence-electron chi connectivity index (χ3n) is 2.20. The van der Waals surface area contributed by atoms with E-state index in [1.54, 1.807) is 38.1 Å². The summed E-state index contributed by atoms with van der Waals surface area (Å²) in [6.07, 6.45) is -0.431. The van der Waals surface area contributed by atoms with Crippen LogP contribution in [0.15, 0.2) is 29.2 Å². The number of sulfone groups is 1. The highest BCUT2D eigenvalue weighted by Gasteiger charge is 2.10. The molecule has 0 saturated carbocycles. The van der Waals surface area contributed by atoms with Crippen LogP contribution in [0.25, 0.3) is 0 Å². The largest absolute Gasteiger partial charge is 0.392 e. The molecule has 90 valence electrons. The van der Waals surface area contributed by atoms with E-state index in [2.05, 4.69) is 5.32 Å². The molecule has 1 atom stereocenters. The standard InChI is InChI=1S/C11H17NO3S/c1-3-16(14,15)11-6-4-10(5-7-11)12-8-9(2)13/h4-7,9,12-13H,3,8H2,1-2H3. The smallest absolute Gasteiger partial charge is 0.178 e. The van der Waals surface area contributed by atoms with Gasteiger partial charge in [0.25, 0.3) is 0 Å². The van der Waals surface area contributed by atoms with E-state index < -0.39 is 15.9 Å². The molecule has 0 aliphatic rings. The SMILES string of the molecule is CCS(=O)(=O)c1ccc(NCC(C)O)cc1. The summed E-state index contributed by atoms with van der Waals surface area (Å²) in [5.74, 6) is 0.105. The molecule has 0 heterocycles. The first kappa shape index (κ1) is 13.0. The second-order valence-electron chi connectivity index (χ2n) is 3.66. The van der Waals surface area contributed by atoms with Crippen LogP contribution in [0, 0.1) is 0 Å².